The summed E-state index contributed by atoms with van der Waals surface area (Å²) in [5.41, 5.74) is 6.67. The molecule has 1 N–H and O–H groups in total. The molecule has 0 unspecified atom stereocenters. The molecule has 4 aliphatic rings. The molecule has 0 aliphatic carbocycles. The Morgan fingerprint density at radius 3 is 2.10 bits per heavy atom. The molecule has 1 amide bonds. The summed E-state index contributed by atoms with van der Waals surface area (Å²) in [6.45, 7) is 10.1. The van der Waals surface area contributed by atoms with Gasteiger partial charge >= 0.3 is 0 Å². The number of nitrogens with zero attached hydrogens (tertiary/aromatic N) is 4. The lowest BCUT2D eigenvalue weighted by molar-refractivity contribution is -0.173. The van der Waals surface area contributed by atoms with Crippen molar-refractivity contribution < 1.29 is 47.8 Å². The molecule has 15 heteroatoms. The minimum Gasteiger partial charge on any atom is -0.493 e. The first-order valence-corrected chi connectivity index (χ1v) is 24.7. The Labute approximate surface area is 406 Å². The minimum atomic E-state index is -0.849. The fraction of sp³-hybridized carbons (Fsp3) is 0.556. The van der Waals surface area contributed by atoms with Crippen LogP contribution in [0.3, 0.4) is 0 Å². The molecule has 7 atom stereocenters. The molecule has 0 bridgehead atoms. The second-order valence-corrected chi connectivity index (χ2v) is 18.6. The SMILES string of the molecule is CCO[C@@H]1OC(C(=O)N2CCc3cc(OC)c(OC)cc3[C@H]2C[C@H]2C[C@H]3c4cc(OC)c(OC)cc4CCN3C[C@@H]2CC)=C[C@H](c2c(C)n(C)n(-c3ccccc3)c2=O)[C@@H]1CCOCCOCCO. The summed E-state index contributed by atoms with van der Waals surface area (Å²) in [6, 6.07) is 17.9. The first kappa shape index (κ1) is 50.1. The van der Waals surface area contributed by atoms with E-state index in [1.165, 1.54) is 11.1 Å². The number of methoxy groups -OCH3 is 4. The Balaban J connectivity index is 1.19. The van der Waals surface area contributed by atoms with Crippen LogP contribution in [0.25, 0.3) is 5.69 Å². The maximum absolute atomic E-state index is 15.7. The highest BCUT2D eigenvalue weighted by molar-refractivity contribution is 5.92. The summed E-state index contributed by atoms with van der Waals surface area (Å²) in [7, 11) is 8.57. The lowest BCUT2D eigenvalue weighted by atomic mass is 9.72. The van der Waals surface area contributed by atoms with Crippen molar-refractivity contribution in [3.63, 3.8) is 0 Å². The topological polar surface area (TPSA) is 145 Å². The summed E-state index contributed by atoms with van der Waals surface area (Å²) in [4.78, 5) is 35.2. The number of amides is 1. The first-order chi connectivity index (χ1) is 33.6. The number of hydrogen-bond acceptors (Lipinski definition) is 12. The number of carbonyl (C=O) groups is 1. The van der Waals surface area contributed by atoms with Crippen LogP contribution in [0.1, 0.15) is 91.0 Å². The van der Waals surface area contributed by atoms with Crippen LogP contribution in [0, 0.1) is 24.7 Å². The van der Waals surface area contributed by atoms with E-state index in [0.717, 1.165) is 72.8 Å². The smallest absolute Gasteiger partial charge is 0.289 e. The van der Waals surface area contributed by atoms with E-state index in [2.05, 4.69) is 36.1 Å². The minimum absolute atomic E-state index is 0.0600. The van der Waals surface area contributed by atoms with Crippen LogP contribution in [0.2, 0.25) is 0 Å². The average molecular weight is 953 g/mol. The number of fused-ring (bicyclic) bond motifs is 4. The predicted molar refractivity (Wildman–Crippen MR) is 262 cm³/mol. The number of benzene rings is 3. The van der Waals surface area contributed by atoms with Gasteiger partial charge in [0.1, 0.15) is 0 Å². The van der Waals surface area contributed by atoms with Crippen LogP contribution in [0.4, 0.5) is 0 Å². The van der Waals surface area contributed by atoms with E-state index in [0.29, 0.717) is 68.8 Å². The second-order valence-electron chi connectivity index (χ2n) is 18.6. The number of carbonyl (C=O) groups excluding carboxylic acids is 1. The molecular weight excluding hydrogens is 881 g/mol. The quantitative estimate of drug-likeness (QED) is 0.0906. The van der Waals surface area contributed by atoms with E-state index in [1.807, 2.05) is 66.9 Å². The summed E-state index contributed by atoms with van der Waals surface area (Å²) < 4.78 is 51.5. The molecule has 8 rings (SSSR count). The second kappa shape index (κ2) is 22.6. The monoisotopic (exact) mass is 953 g/mol. The molecule has 4 aromatic rings. The van der Waals surface area contributed by atoms with Crippen LogP contribution in [-0.4, -0.2) is 124 Å². The van der Waals surface area contributed by atoms with Gasteiger partial charge in [0.05, 0.1) is 66.6 Å². The normalized spacial score (nSPS) is 23.3. The Bertz CT molecular complexity index is 2490. The maximum atomic E-state index is 15.7. The number of aliphatic hydroxyl groups is 1. The van der Waals surface area contributed by atoms with Crippen LogP contribution in [0.15, 0.2) is 71.2 Å². The summed E-state index contributed by atoms with van der Waals surface area (Å²) in [5.74, 6) is 2.42. The number of hydrogen-bond donors (Lipinski definition) is 1. The van der Waals surface area contributed by atoms with Gasteiger partial charge in [-0.1, -0.05) is 31.5 Å². The van der Waals surface area contributed by atoms with Gasteiger partial charge < -0.3 is 47.9 Å². The maximum Gasteiger partial charge on any atom is 0.289 e. The zero-order chi connectivity index (χ0) is 48.8. The molecule has 0 saturated carbocycles. The van der Waals surface area contributed by atoms with Gasteiger partial charge in [-0.3, -0.25) is 19.2 Å². The first-order valence-electron chi connectivity index (χ1n) is 24.7. The third kappa shape index (κ3) is 10.2. The average Bonchev–Trinajstić information content (AvgIpc) is 3.60. The molecule has 1 saturated heterocycles. The Hall–Kier alpha value is -5.32. The summed E-state index contributed by atoms with van der Waals surface area (Å²) in [6.07, 6.45) is 5.73. The zero-order valence-electron chi connectivity index (χ0n) is 41.7. The van der Waals surface area contributed by atoms with Crippen molar-refractivity contribution in [3.8, 4) is 28.7 Å². The molecule has 3 aromatic carbocycles. The number of para-hydroxylation sites is 1. The zero-order valence-corrected chi connectivity index (χ0v) is 41.7. The number of allylic oxidation sites excluding steroid dienone is 1. The fourth-order valence-corrected chi connectivity index (χ4v) is 11.6. The van der Waals surface area contributed by atoms with Gasteiger partial charge in [-0.15, -0.1) is 0 Å². The van der Waals surface area contributed by atoms with Gasteiger partial charge in [-0.2, -0.15) is 0 Å². The van der Waals surface area contributed by atoms with E-state index < -0.39 is 12.2 Å². The predicted octanol–water partition coefficient (Wildman–Crippen LogP) is 7.07. The highest BCUT2D eigenvalue weighted by atomic mass is 16.7. The highest BCUT2D eigenvalue weighted by Gasteiger charge is 2.46. The largest absolute Gasteiger partial charge is 0.493 e. The Kier molecular flexibility index (Phi) is 16.4. The van der Waals surface area contributed by atoms with Crippen molar-refractivity contribution in [2.75, 3.05) is 87.7 Å². The lowest BCUT2D eigenvalue weighted by Gasteiger charge is -2.49. The molecule has 5 heterocycles. The number of aliphatic hydroxyl groups excluding tert-OH is 1. The Morgan fingerprint density at radius 2 is 1.45 bits per heavy atom. The van der Waals surface area contributed by atoms with Gasteiger partial charge in [0.25, 0.3) is 11.5 Å². The Morgan fingerprint density at radius 1 is 0.812 bits per heavy atom. The van der Waals surface area contributed by atoms with Crippen molar-refractivity contribution in [3.05, 3.63) is 110 Å². The van der Waals surface area contributed by atoms with Crippen LogP contribution in [0.5, 0.6) is 23.0 Å². The summed E-state index contributed by atoms with van der Waals surface area (Å²) in [5, 5.41) is 9.16. The number of aromatic nitrogens is 2. The lowest BCUT2D eigenvalue weighted by Crippen LogP contribution is -2.48. The van der Waals surface area contributed by atoms with E-state index in [1.54, 1.807) is 33.1 Å². The number of rotatable bonds is 20. The van der Waals surface area contributed by atoms with Crippen LogP contribution >= 0.6 is 0 Å². The molecule has 0 radical (unpaired) electrons. The van der Waals surface area contributed by atoms with Gasteiger partial charge in [0.2, 0.25) is 6.29 Å². The van der Waals surface area contributed by atoms with Gasteiger partial charge in [-0.05, 0) is 123 Å². The molecular formula is C54H72N4O11. The molecule has 1 fully saturated rings. The van der Waals surface area contributed by atoms with E-state index in [4.69, 9.17) is 43.0 Å². The summed E-state index contributed by atoms with van der Waals surface area (Å²) >= 11 is 0. The molecule has 69 heavy (non-hydrogen) atoms. The van der Waals surface area contributed by atoms with E-state index >= 15 is 4.79 Å². The van der Waals surface area contributed by atoms with Gasteiger partial charge in [0, 0.05) is 69.0 Å². The standard InChI is InChI=1S/C54H72N4O11/c1-9-35-33-56-19-16-36-28-46(62-5)48(64-7)30-41(36)44(56)26-38(35)27-45-42-31-49(65-8)47(63-6)29-37(42)17-20-57(45)52(60)50-32-43(40(54(69-50)68-10-2)18-22-66-24-25-67-23-21-59)51-34(3)55(4)58(53(51)61)39-14-12-11-13-15-39/h11-15,28-32,35,38,40,43-45,54,59H,9-10,16-27,33H2,1-8H3/t35-,38+,40-,43-,44-,45+,54+/m0/s1. The molecule has 15 nitrogen and oxygen atoms in total. The fourth-order valence-electron chi connectivity index (χ4n) is 11.6. The van der Waals surface area contributed by atoms with E-state index in [9.17, 15) is 4.79 Å². The van der Waals surface area contributed by atoms with Gasteiger partial charge in [-0.25, -0.2) is 4.68 Å². The van der Waals surface area contributed by atoms with Crippen molar-refractivity contribution >= 4 is 5.91 Å². The van der Waals surface area contributed by atoms with Crippen molar-refractivity contribution in [2.45, 2.75) is 83.6 Å². The van der Waals surface area contributed by atoms with Crippen molar-refractivity contribution in [1.82, 2.24) is 19.2 Å². The van der Waals surface area contributed by atoms with E-state index in [-0.39, 0.29) is 54.4 Å². The van der Waals surface area contributed by atoms with Crippen LogP contribution in [-0.2, 0) is 43.6 Å². The third-order valence-corrected chi connectivity index (χ3v) is 15.2. The number of ether oxygens (including phenoxy) is 8. The molecule has 1 aromatic heterocycles. The van der Waals surface area contributed by atoms with Crippen molar-refractivity contribution in [2.24, 2.45) is 24.8 Å². The highest BCUT2D eigenvalue weighted by Crippen LogP contribution is 2.50. The van der Waals surface area contributed by atoms with Crippen molar-refractivity contribution in [1.29, 1.82) is 0 Å². The number of piperidine rings is 1. The molecule has 4 aliphatic heterocycles. The van der Waals surface area contributed by atoms with Gasteiger partial charge in [0.15, 0.2) is 28.8 Å². The molecule has 0 spiro atoms. The van der Waals surface area contributed by atoms with Crippen LogP contribution < -0.4 is 24.5 Å². The molecule has 374 valence electrons. The third-order valence-electron chi connectivity index (χ3n) is 15.2.